The van der Waals surface area contributed by atoms with Gasteiger partial charge in [-0.05, 0) is 145 Å². The molecule has 13 rings (SSSR count). The fraction of sp³-hybridized carbons (Fsp3) is 0.250. The lowest BCUT2D eigenvalue weighted by atomic mass is 9.46. The molecule has 0 saturated carbocycles. The molecule has 0 fully saturated rings. The highest BCUT2D eigenvalue weighted by molar-refractivity contribution is 7.32. The molecule has 0 N–H and O–H groups in total. The molecule has 0 atom stereocenters. The Morgan fingerprint density at radius 2 is 1.20 bits per heavy atom. The van der Waals surface area contributed by atoms with E-state index >= 15 is 0 Å². The van der Waals surface area contributed by atoms with Crippen LogP contribution in [0.1, 0.15) is 104 Å². The molecule has 5 heteroatoms. The van der Waals surface area contributed by atoms with E-state index < -0.39 is 0 Å². The van der Waals surface area contributed by atoms with Crippen LogP contribution < -0.4 is 20.0 Å². The van der Waals surface area contributed by atoms with Gasteiger partial charge in [-0.2, -0.15) is 0 Å². The molecule has 2 aliphatic heterocycles. The number of hydrogen-bond donors (Lipinski definition) is 0. The van der Waals surface area contributed by atoms with Gasteiger partial charge in [-0.3, -0.25) is 0 Å². The van der Waals surface area contributed by atoms with Gasteiger partial charge >= 0.3 is 6.85 Å². The minimum Gasteiger partial charge on any atom is -0.456 e. The van der Waals surface area contributed by atoms with Gasteiger partial charge in [0.05, 0.1) is 16.8 Å². The minimum atomic E-state index is -0.145. The molecule has 3 nitrogen and oxygen atoms in total. The molecule has 8 aromatic carbocycles. The first-order valence-corrected chi connectivity index (χ1v) is 25.8. The molecule has 0 radical (unpaired) electrons. The third-order valence-electron chi connectivity index (χ3n) is 16.2. The maximum absolute atomic E-state index is 7.12. The Labute approximate surface area is 411 Å². The number of benzene rings is 8. The molecule has 340 valence electrons. The number of fused-ring (bicyclic) bond motifs is 13. The van der Waals surface area contributed by atoms with E-state index in [4.69, 9.17) is 4.42 Å². The molecule has 2 aromatic heterocycles. The second-order valence-corrected chi connectivity index (χ2v) is 24.7. The molecular weight excluding hydrogens is 856 g/mol. The molecule has 0 amide bonds. The average molecular weight is 915 g/mol. The van der Waals surface area contributed by atoms with Crippen molar-refractivity contribution in [2.45, 2.75) is 104 Å². The molecule has 10 aromatic rings. The van der Waals surface area contributed by atoms with E-state index in [9.17, 15) is 0 Å². The Kier molecular flexibility index (Phi) is 8.94. The Morgan fingerprint density at radius 3 is 1.93 bits per heavy atom. The summed E-state index contributed by atoms with van der Waals surface area (Å²) in [5.74, 6) is 0. The Bertz CT molecular complexity index is 3760. The Hall–Kier alpha value is -6.56. The summed E-state index contributed by atoms with van der Waals surface area (Å²) in [7, 11) is 0. The Balaban J connectivity index is 1.20. The topological polar surface area (TPSA) is 19.6 Å². The highest BCUT2D eigenvalue weighted by Gasteiger charge is 2.49. The van der Waals surface area contributed by atoms with Crippen molar-refractivity contribution in [2.24, 2.45) is 0 Å². The van der Waals surface area contributed by atoms with Crippen LogP contribution in [0.4, 0.5) is 28.4 Å². The van der Waals surface area contributed by atoms with Gasteiger partial charge in [0.2, 0.25) is 0 Å². The average Bonchev–Trinajstić information content (AvgIpc) is 3.91. The van der Waals surface area contributed by atoms with Crippen molar-refractivity contribution in [3.05, 3.63) is 174 Å². The first-order valence-electron chi connectivity index (χ1n) is 25.0. The highest BCUT2D eigenvalue weighted by atomic mass is 32.1. The summed E-state index contributed by atoms with van der Waals surface area (Å²) in [5, 5.41) is 6.17. The van der Waals surface area contributed by atoms with Crippen LogP contribution in [-0.2, 0) is 21.7 Å². The van der Waals surface area contributed by atoms with Crippen molar-refractivity contribution < 1.29 is 4.42 Å². The zero-order valence-corrected chi connectivity index (χ0v) is 42.5. The fourth-order valence-electron chi connectivity index (χ4n) is 12.3. The lowest BCUT2D eigenvalue weighted by Gasteiger charge is -2.45. The molecular formula is C64H59BN2OS. The van der Waals surface area contributed by atoms with Gasteiger partial charge in [0.25, 0.3) is 0 Å². The molecule has 69 heavy (non-hydrogen) atoms. The summed E-state index contributed by atoms with van der Waals surface area (Å²) in [5.41, 5.74) is 19.9. The zero-order chi connectivity index (χ0) is 47.5. The molecule has 0 bridgehead atoms. The molecule has 4 heterocycles. The first kappa shape index (κ1) is 42.5. The summed E-state index contributed by atoms with van der Waals surface area (Å²) < 4.78 is 9.76. The molecule has 1 aliphatic carbocycles. The molecule has 0 spiro atoms. The van der Waals surface area contributed by atoms with Crippen LogP contribution >= 0.6 is 11.3 Å². The third-order valence-corrected chi connectivity index (χ3v) is 17.4. The standard InChI is InChI=1S/C64H59BN2OS/c1-61(2,3)40-24-27-42(28-25-40)67-58-45(29-31-52-56(58)47-36-48-49(37-53(47)68-52)64(9,10)33-32-63(48,7)8)55-43-21-15-14-20-39(43)34-51-57(55)65(67)60-59(44-22-16-17-23-54(44)69-60)66(51)50-30-26-41(62(4,5)6)35-46(50)38-18-12-11-13-19-38/h11-31,34-37H,32-33H2,1-10H3. The van der Waals surface area contributed by atoms with Crippen molar-refractivity contribution in [1.29, 1.82) is 0 Å². The van der Waals surface area contributed by atoms with E-state index in [2.05, 4.69) is 231 Å². The lowest BCUT2D eigenvalue weighted by Crippen LogP contribution is -2.60. The van der Waals surface area contributed by atoms with E-state index in [1.807, 2.05) is 11.3 Å². The fourth-order valence-corrected chi connectivity index (χ4v) is 13.5. The van der Waals surface area contributed by atoms with Gasteiger partial charge in [0.1, 0.15) is 11.2 Å². The summed E-state index contributed by atoms with van der Waals surface area (Å²) in [4.78, 5) is 5.37. The Morgan fingerprint density at radius 1 is 0.551 bits per heavy atom. The van der Waals surface area contributed by atoms with E-state index in [1.54, 1.807) is 0 Å². The van der Waals surface area contributed by atoms with Crippen molar-refractivity contribution in [3.63, 3.8) is 0 Å². The largest absolute Gasteiger partial charge is 0.456 e. The van der Waals surface area contributed by atoms with Crippen LogP contribution in [0.2, 0.25) is 0 Å². The number of rotatable bonds is 3. The minimum absolute atomic E-state index is 0.00764. The highest BCUT2D eigenvalue weighted by Crippen LogP contribution is 2.56. The van der Waals surface area contributed by atoms with Gasteiger partial charge in [0, 0.05) is 48.4 Å². The number of anilines is 5. The van der Waals surface area contributed by atoms with Crippen LogP contribution in [0.25, 0.3) is 65.1 Å². The number of nitrogens with zero attached hydrogens (tertiary/aromatic N) is 2. The van der Waals surface area contributed by atoms with E-state index in [1.165, 1.54) is 115 Å². The van der Waals surface area contributed by atoms with Crippen LogP contribution in [0.15, 0.2) is 156 Å². The quantitative estimate of drug-likeness (QED) is 0.165. The van der Waals surface area contributed by atoms with E-state index in [0.717, 1.165) is 24.0 Å². The van der Waals surface area contributed by atoms with Gasteiger partial charge in [0.15, 0.2) is 0 Å². The predicted molar refractivity (Wildman–Crippen MR) is 298 cm³/mol. The summed E-state index contributed by atoms with van der Waals surface area (Å²) in [6.45, 7) is 23.5. The van der Waals surface area contributed by atoms with E-state index in [-0.39, 0.29) is 28.5 Å². The number of thiophene rings is 1. The van der Waals surface area contributed by atoms with Gasteiger partial charge in [-0.1, -0.05) is 160 Å². The number of furan rings is 1. The monoisotopic (exact) mass is 914 g/mol. The lowest BCUT2D eigenvalue weighted by molar-refractivity contribution is 0.332. The van der Waals surface area contributed by atoms with Gasteiger partial charge in [-0.15, -0.1) is 11.3 Å². The van der Waals surface area contributed by atoms with E-state index in [0.29, 0.717) is 0 Å². The van der Waals surface area contributed by atoms with Crippen molar-refractivity contribution in [2.75, 3.05) is 9.71 Å². The maximum atomic E-state index is 7.12. The maximum Gasteiger partial charge on any atom is 0.343 e. The van der Waals surface area contributed by atoms with Crippen molar-refractivity contribution in [3.8, 4) is 22.3 Å². The van der Waals surface area contributed by atoms with Crippen molar-refractivity contribution in [1.82, 2.24) is 0 Å². The van der Waals surface area contributed by atoms with Gasteiger partial charge < -0.3 is 14.1 Å². The second-order valence-electron chi connectivity index (χ2n) is 23.6. The SMILES string of the molecule is CC(C)(C)c1ccc(N2B3c4sc5ccccc5c4N(c4ccc(C(C)(C)C)cc4-c4ccccc4)c4cc5ccccc5c(c43)-c3ccc4oc5cc6c(cc5c4c32)C(C)(C)CCC6(C)C)cc1. The van der Waals surface area contributed by atoms with Crippen LogP contribution in [0.5, 0.6) is 0 Å². The van der Waals surface area contributed by atoms with Gasteiger partial charge in [-0.25, -0.2) is 0 Å². The first-order chi connectivity index (χ1) is 33.0. The normalized spacial score (nSPS) is 16.0. The van der Waals surface area contributed by atoms with Crippen molar-refractivity contribution >= 4 is 99.7 Å². The third kappa shape index (κ3) is 6.25. The number of hydrogen-bond acceptors (Lipinski definition) is 4. The summed E-state index contributed by atoms with van der Waals surface area (Å²) in [6.07, 6.45) is 2.31. The second kappa shape index (κ2) is 14.5. The predicted octanol–water partition coefficient (Wildman–Crippen LogP) is 17.3. The zero-order valence-electron chi connectivity index (χ0n) is 41.6. The summed E-state index contributed by atoms with van der Waals surface area (Å²) >= 11 is 1.95. The molecule has 3 aliphatic rings. The smallest absolute Gasteiger partial charge is 0.343 e. The van der Waals surface area contributed by atoms with Crippen LogP contribution in [0, 0.1) is 0 Å². The molecule has 0 unspecified atom stereocenters. The van der Waals surface area contributed by atoms with Crippen LogP contribution in [-0.4, -0.2) is 6.85 Å². The summed E-state index contributed by atoms with van der Waals surface area (Å²) in [6, 6.07) is 58.1. The molecule has 0 saturated heterocycles. The van der Waals surface area contributed by atoms with Crippen LogP contribution in [0.3, 0.4) is 0 Å².